The molecule has 2 aromatic carbocycles. The average Bonchev–Trinajstić information content (AvgIpc) is 2.81. The number of aromatic nitrogens is 2. The molecule has 0 aliphatic carbocycles. The number of rotatable bonds is 5. The van der Waals surface area contributed by atoms with Gasteiger partial charge < -0.3 is 15.4 Å². The third-order valence-corrected chi connectivity index (χ3v) is 4.07. The summed E-state index contributed by atoms with van der Waals surface area (Å²) in [6.07, 6.45) is 1.98. The van der Waals surface area contributed by atoms with Gasteiger partial charge in [0.05, 0.1) is 24.3 Å². The number of carbonyl (C=O) groups excluding carboxylic acids is 1. The zero-order chi connectivity index (χ0) is 17.8. The van der Waals surface area contributed by atoms with Gasteiger partial charge in [-0.1, -0.05) is 36.4 Å². The zero-order valence-corrected chi connectivity index (χ0v) is 14.1. The van der Waals surface area contributed by atoms with E-state index in [1.54, 1.807) is 6.20 Å². The number of benzene rings is 2. The van der Waals surface area contributed by atoms with Crippen LogP contribution in [0.1, 0.15) is 5.56 Å². The van der Waals surface area contributed by atoms with Crippen LogP contribution in [0.25, 0.3) is 11.3 Å². The Kier molecular flexibility index (Phi) is 4.47. The first-order valence-corrected chi connectivity index (χ1v) is 8.46. The van der Waals surface area contributed by atoms with Crippen molar-refractivity contribution in [3.63, 3.8) is 0 Å². The zero-order valence-electron chi connectivity index (χ0n) is 14.1. The van der Waals surface area contributed by atoms with Gasteiger partial charge in [-0.15, -0.1) is 0 Å². The molecule has 0 saturated heterocycles. The molecular formula is C20H18N4O2. The molecule has 130 valence electrons. The number of amides is 1. The number of hydrogen-bond acceptors (Lipinski definition) is 5. The maximum Gasteiger partial charge on any atom is 0.228 e. The largest absolute Gasteiger partial charge is 0.492 e. The first kappa shape index (κ1) is 16.1. The van der Waals surface area contributed by atoms with Crippen molar-refractivity contribution in [2.75, 3.05) is 23.8 Å². The molecule has 0 fully saturated rings. The highest BCUT2D eigenvalue weighted by atomic mass is 16.5. The van der Waals surface area contributed by atoms with Gasteiger partial charge in [-0.25, -0.2) is 9.97 Å². The molecule has 1 aliphatic heterocycles. The smallest absolute Gasteiger partial charge is 0.228 e. The van der Waals surface area contributed by atoms with Gasteiger partial charge in [0.15, 0.2) is 0 Å². The van der Waals surface area contributed by atoms with E-state index in [1.165, 1.54) is 0 Å². The number of nitrogens with zero attached hydrogens (tertiary/aromatic N) is 2. The first-order valence-electron chi connectivity index (χ1n) is 8.46. The van der Waals surface area contributed by atoms with Gasteiger partial charge in [0.1, 0.15) is 12.4 Å². The summed E-state index contributed by atoms with van der Waals surface area (Å²) in [6.45, 7) is 1.08. The van der Waals surface area contributed by atoms with Crippen molar-refractivity contribution in [3.8, 4) is 17.0 Å². The molecule has 0 bridgehead atoms. The van der Waals surface area contributed by atoms with Crippen molar-refractivity contribution < 1.29 is 9.53 Å². The van der Waals surface area contributed by atoms with Crippen molar-refractivity contribution >= 4 is 17.5 Å². The van der Waals surface area contributed by atoms with Gasteiger partial charge in [-0.05, 0) is 18.2 Å². The maximum absolute atomic E-state index is 12.0. The molecule has 0 spiro atoms. The third-order valence-electron chi connectivity index (χ3n) is 4.07. The fraction of sp³-hybridized carbons (Fsp3) is 0.150. The highest BCUT2D eigenvalue weighted by Crippen LogP contribution is 2.32. The van der Waals surface area contributed by atoms with Crippen LogP contribution in [0.15, 0.2) is 60.8 Å². The summed E-state index contributed by atoms with van der Waals surface area (Å²) in [5.74, 6) is 1.29. The Bertz CT molecular complexity index is 928. The van der Waals surface area contributed by atoms with Crippen LogP contribution >= 0.6 is 0 Å². The lowest BCUT2D eigenvalue weighted by Crippen LogP contribution is -2.14. The Morgan fingerprint density at radius 3 is 2.77 bits per heavy atom. The summed E-state index contributed by atoms with van der Waals surface area (Å²) in [4.78, 5) is 21.0. The lowest BCUT2D eigenvalue weighted by atomic mass is 10.1. The number of hydrogen-bond donors (Lipinski definition) is 2. The molecule has 0 unspecified atom stereocenters. The molecule has 26 heavy (non-hydrogen) atoms. The van der Waals surface area contributed by atoms with Crippen LogP contribution in [0.5, 0.6) is 5.75 Å². The van der Waals surface area contributed by atoms with E-state index < -0.39 is 0 Å². The highest BCUT2D eigenvalue weighted by molar-refractivity contribution is 5.99. The fourth-order valence-electron chi connectivity index (χ4n) is 2.87. The van der Waals surface area contributed by atoms with E-state index in [9.17, 15) is 4.79 Å². The Morgan fingerprint density at radius 2 is 1.88 bits per heavy atom. The molecule has 1 aromatic heterocycles. The molecule has 6 heteroatoms. The number of para-hydroxylation sites is 2. The third kappa shape index (κ3) is 3.49. The molecule has 6 nitrogen and oxygen atoms in total. The van der Waals surface area contributed by atoms with Crippen LogP contribution in [-0.4, -0.2) is 29.0 Å². The Hall–Kier alpha value is -3.41. The standard InChI is InChI=1S/C20H18N4O2/c25-18-12-14-13-22-20(21-10-11-26-15-6-2-1-3-7-15)24-19(14)16-8-4-5-9-17(16)23-18/h1-9,13H,10-12H2,(H,23,25)(H,21,22,24). The normalized spacial score (nSPS) is 12.4. The SMILES string of the molecule is O=C1Cc2cnc(NCCOc3ccccc3)nc2-c2ccccc2N1. The first-order chi connectivity index (χ1) is 12.8. The van der Waals surface area contributed by atoms with Crippen molar-refractivity contribution in [1.29, 1.82) is 0 Å². The van der Waals surface area contributed by atoms with Gasteiger partial charge in [0.2, 0.25) is 11.9 Å². The molecule has 1 amide bonds. The summed E-state index contributed by atoms with van der Waals surface area (Å²) < 4.78 is 5.66. The van der Waals surface area contributed by atoms with Crippen LogP contribution in [-0.2, 0) is 11.2 Å². The molecule has 2 heterocycles. The number of fused-ring (bicyclic) bond motifs is 3. The summed E-state index contributed by atoms with van der Waals surface area (Å²) in [7, 11) is 0. The molecular weight excluding hydrogens is 328 g/mol. The molecule has 0 atom stereocenters. The van der Waals surface area contributed by atoms with Crippen LogP contribution in [0, 0.1) is 0 Å². The number of nitrogens with one attached hydrogen (secondary N) is 2. The lowest BCUT2D eigenvalue weighted by Gasteiger charge is -2.11. The van der Waals surface area contributed by atoms with Crippen molar-refractivity contribution in [2.45, 2.75) is 6.42 Å². The van der Waals surface area contributed by atoms with E-state index in [0.717, 1.165) is 28.3 Å². The predicted molar refractivity (Wildman–Crippen MR) is 100 cm³/mol. The Balaban J connectivity index is 1.49. The topological polar surface area (TPSA) is 76.1 Å². The van der Waals surface area contributed by atoms with E-state index in [-0.39, 0.29) is 12.3 Å². The van der Waals surface area contributed by atoms with Crippen LogP contribution in [0.3, 0.4) is 0 Å². The quantitative estimate of drug-likeness (QED) is 0.694. The minimum atomic E-state index is -0.0585. The highest BCUT2D eigenvalue weighted by Gasteiger charge is 2.20. The van der Waals surface area contributed by atoms with Crippen LogP contribution < -0.4 is 15.4 Å². The van der Waals surface area contributed by atoms with Gasteiger partial charge in [-0.3, -0.25) is 4.79 Å². The Labute approximate surface area is 151 Å². The van der Waals surface area contributed by atoms with E-state index in [2.05, 4.69) is 20.6 Å². The molecule has 0 radical (unpaired) electrons. The molecule has 2 N–H and O–H groups in total. The van der Waals surface area contributed by atoms with E-state index in [0.29, 0.717) is 19.1 Å². The predicted octanol–water partition coefficient (Wildman–Crippen LogP) is 3.13. The molecule has 4 rings (SSSR count). The van der Waals surface area contributed by atoms with Crippen molar-refractivity contribution in [3.05, 3.63) is 66.4 Å². The van der Waals surface area contributed by atoms with Crippen LogP contribution in [0.2, 0.25) is 0 Å². The van der Waals surface area contributed by atoms with Gasteiger partial charge in [0.25, 0.3) is 0 Å². The van der Waals surface area contributed by atoms with E-state index in [1.807, 2.05) is 54.6 Å². The average molecular weight is 346 g/mol. The monoisotopic (exact) mass is 346 g/mol. The fourth-order valence-corrected chi connectivity index (χ4v) is 2.87. The summed E-state index contributed by atoms with van der Waals surface area (Å²) in [6, 6.07) is 17.3. The number of ether oxygens (including phenoxy) is 1. The van der Waals surface area contributed by atoms with Crippen molar-refractivity contribution in [2.24, 2.45) is 0 Å². The second kappa shape index (κ2) is 7.23. The van der Waals surface area contributed by atoms with E-state index in [4.69, 9.17) is 4.74 Å². The van der Waals surface area contributed by atoms with E-state index >= 15 is 0 Å². The Morgan fingerprint density at radius 1 is 1.08 bits per heavy atom. The van der Waals surface area contributed by atoms with Gasteiger partial charge >= 0.3 is 0 Å². The molecule has 0 saturated carbocycles. The summed E-state index contributed by atoms with van der Waals surface area (Å²) in [5.41, 5.74) is 3.27. The number of anilines is 2. The number of carbonyl (C=O) groups is 1. The summed E-state index contributed by atoms with van der Waals surface area (Å²) in [5, 5.41) is 6.09. The lowest BCUT2D eigenvalue weighted by molar-refractivity contribution is -0.115. The van der Waals surface area contributed by atoms with Gasteiger partial charge in [-0.2, -0.15) is 0 Å². The van der Waals surface area contributed by atoms with Gasteiger partial charge in [0, 0.05) is 17.3 Å². The minimum Gasteiger partial charge on any atom is -0.492 e. The summed E-state index contributed by atoms with van der Waals surface area (Å²) >= 11 is 0. The maximum atomic E-state index is 12.0. The molecule has 3 aromatic rings. The molecule has 1 aliphatic rings. The van der Waals surface area contributed by atoms with Crippen molar-refractivity contribution in [1.82, 2.24) is 9.97 Å². The second-order valence-electron chi connectivity index (χ2n) is 5.93. The minimum absolute atomic E-state index is 0.0585. The van der Waals surface area contributed by atoms with Crippen LogP contribution in [0.4, 0.5) is 11.6 Å². The second-order valence-corrected chi connectivity index (χ2v) is 5.93.